The molecule has 0 aromatic heterocycles. The maximum absolute atomic E-state index is 11.0. The number of nitrogens with one attached hydrogen (secondary N) is 1. The molecule has 0 spiro atoms. The van der Waals surface area contributed by atoms with Gasteiger partial charge < -0.3 is 16.2 Å². The first kappa shape index (κ1) is 12.7. The highest BCUT2D eigenvalue weighted by Gasteiger charge is 2.11. The van der Waals surface area contributed by atoms with E-state index in [1.807, 2.05) is 18.2 Å². The zero-order valence-electron chi connectivity index (χ0n) is 9.44. The topological polar surface area (TPSA) is 75.3 Å². The molecule has 0 saturated heterocycles. The lowest BCUT2D eigenvalue weighted by Crippen LogP contribution is -2.11. The molecule has 4 heteroatoms. The van der Waals surface area contributed by atoms with Crippen molar-refractivity contribution >= 4 is 11.6 Å². The van der Waals surface area contributed by atoms with Gasteiger partial charge in [-0.2, -0.15) is 0 Å². The predicted molar refractivity (Wildman–Crippen MR) is 64.0 cm³/mol. The minimum absolute atomic E-state index is 0.140. The summed E-state index contributed by atoms with van der Waals surface area (Å²) in [5, 5.41) is 12.6. The van der Waals surface area contributed by atoms with Crippen LogP contribution in [-0.2, 0) is 4.79 Å². The van der Waals surface area contributed by atoms with E-state index in [0.29, 0.717) is 18.7 Å². The van der Waals surface area contributed by atoms with Crippen molar-refractivity contribution in [1.82, 2.24) is 0 Å². The molecule has 0 fully saturated rings. The molecule has 88 valence electrons. The first-order chi connectivity index (χ1) is 7.65. The van der Waals surface area contributed by atoms with Crippen molar-refractivity contribution in [3.63, 3.8) is 0 Å². The maximum Gasteiger partial charge on any atom is 0.221 e. The molecule has 0 saturated carbocycles. The molecule has 1 unspecified atom stereocenters. The smallest absolute Gasteiger partial charge is 0.221 e. The summed E-state index contributed by atoms with van der Waals surface area (Å²) in [6.45, 7) is 2.00. The van der Waals surface area contributed by atoms with Gasteiger partial charge in [0.25, 0.3) is 0 Å². The lowest BCUT2D eigenvalue weighted by Gasteiger charge is -2.15. The van der Waals surface area contributed by atoms with Crippen molar-refractivity contribution in [3.8, 4) is 0 Å². The highest BCUT2D eigenvalue weighted by atomic mass is 16.3. The molecule has 4 nitrogen and oxygen atoms in total. The van der Waals surface area contributed by atoms with Crippen LogP contribution in [0.15, 0.2) is 24.3 Å². The summed E-state index contributed by atoms with van der Waals surface area (Å²) >= 11 is 0. The van der Waals surface area contributed by atoms with Gasteiger partial charge in [-0.15, -0.1) is 0 Å². The van der Waals surface area contributed by atoms with Gasteiger partial charge in [-0.1, -0.05) is 18.2 Å². The number of para-hydroxylation sites is 1. The second-order valence-corrected chi connectivity index (χ2v) is 3.72. The Morgan fingerprint density at radius 1 is 1.50 bits per heavy atom. The summed E-state index contributed by atoms with van der Waals surface area (Å²) in [7, 11) is 0. The number of carbonyl (C=O) groups is 1. The van der Waals surface area contributed by atoms with Crippen molar-refractivity contribution in [3.05, 3.63) is 29.8 Å². The van der Waals surface area contributed by atoms with Crippen molar-refractivity contribution < 1.29 is 9.90 Å². The molecular weight excluding hydrogens is 204 g/mol. The lowest BCUT2D eigenvalue weighted by atomic mass is 10.0. The van der Waals surface area contributed by atoms with Gasteiger partial charge in [0, 0.05) is 18.2 Å². The number of aliphatic hydroxyl groups is 1. The van der Waals surface area contributed by atoms with Crippen LogP contribution in [0.4, 0.5) is 5.69 Å². The maximum atomic E-state index is 11.0. The van der Waals surface area contributed by atoms with Crippen molar-refractivity contribution in [1.29, 1.82) is 0 Å². The Morgan fingerprint density at radius 2 is 2.19 bits per heavy atom. The van der Waals surface area contributed by atoms with Crippen LogP contribution < -0.4 is 11.1 Å². The minimum Gasteiger partial charge on any atom is -0.388 e. The molecule has 0 heterocycles. The molecular formula is C12H18N2O2. The third-order valence-corrected chi connectivity index (χ3v) is 2.31. The van der Waals surface area contributed by atoms with E-state index in [-0.39, 0.29) is 5.91 Å². The first-order valence-corrected chi connectivity index (χ1v) is 5.39. The quantitative estimate of drug-likeness (QED) is 0.705. The fourth-order valence-corrected chi connectivity index (χ4v) is 1.56. The van der Waals surface area contributed by atoms with E-state index in [1.165, 1.54) is 6.92 Å². The van der Waals surface area contributed by atoms with Crippen LogP contribution in [0.1, 0.15) is 31.4 Å². The number of hydrogen-bond donors (Lipinski definition) is 3. The van der Waals surface area contributed by atoms with Crippen LogP contribution in [0, 0.1) is 0 Å². The monoisotopic (exact) mass is 222 g/mol. The van der Waals surface area contributed by atoms with Gasteiger partial charge in [0.2, 0.25) is 5.91 Å². The zero-order valence-corrected chi connectivity index (χ0v) is 9.44. The number of nitrogens with two attached hydrogens (primary N) is 1. The Morgan fingerprint density at radius 3 is 2.81 bits per heavy atom. The van der Waals surface area contributed by atoms with Gasteiger partial charge in [0.05, 0.1) is 6.10 Å². The number of anilines is 1. The Balaban J connectivity index is 2.80. The lowest BCUT2D eigenvalue weighted by molar-refractivity contribution is -0.114. The second kappa shape index (κ2) is 6.25. The van der Waals surface area contributed by atoms with Gasteiger partial charge in [-0.3, -0.25) is 4.79 Å². The molecule has 1 aromatic rings. The summed E-state index contributed by atoms with van der Waals surface area (Å²) in [6, 6.07) is 7.26. The molecule has 4 N–H and O–H groups in total. The molecule has 0 aliphatic heterocycles. The summed E-state index contributed by atoms with van der Waals surface area (Å²) < 4.78 is 0. The number of benzene rings is 1. The summed E-state index contributed by atoms with van der Waals surface area (Å²) in [5.41, 5.74) is 6.80. The molecule has 1 atom stereocenters. The van der Waals surface area contributed by atoms with E-state index in [9.17, 15) is 9.90 Å². The number of rotatable bonds is 5. The standard InChI is InChI=1S/C12H18N2O2/c1-9(15)14-11-6-3-2-5-10(11)12(16)7-4-8-13/h2-3,5-6,12,16H,4,7-8,13H2,1H3,(H,14,15). The molecule has 0 aliphatic carbocycles. The Hall–Kier alpha value is -1.39. The fraction of sp³-hybridized carbons (Fsp3) is 0.417. The first-order valence-electron chi connectivity index (χ1n) is 5.39. The molecule has 0 bridgehead atoms. The largest absolute Gasteiger partial charge is 0.388 e. The van der Waals surface area contributed by atoms with Gasteiger partial charge >= 0.3 is 0 Å². The van der Waals surface area contributed by atoms with Crippen LogP contribution in [0.25, 0.3) is 0 Å². The zero-order chi connectivity index (χ0) is 12.0. The Kier molecular flexibility index (Phi) is 4.95. The van der Waals surface area contributed by atoms with Crippen molar-refractivity contribution in [2.75, 3.05) is 11.9 Å². The highest BCUT2D eigenvalue weighted by molar-refractivity contribution is 5.89. The number of aliphatic hydroxyl groups excluding tert-OH is 1. The van der Waals surface area contributed by atoms with E-state index in [2.05, 4.69) is 5.32 Å². The van der Waals surface area contributed by atoms with Crippen LogP contribution >= 0.6 is 0 Å². The molecule has 1 amide bonds. The Labute approximate surface area is 95.5 Å². The molecule has 16 heavy (non-hydrogen) atoms. The van der Waals surface area contributed by atoms with Crippen LogP contribution in [0.3, 0.4) is 0 Å². The van der Waals surface area contributed by atoms with E-state index in [4.69, 9.17) is 5.73 Å². The molecule has 1 aromatic carbocycles. The summed E-state index contributed by atoms with van der Waals surface area (Å²) in [5.74, 6) is -0.140. The van der Waals surface area contributed by atoms with E-state index in [1.54, 1.807) is 6.07 Å². The normalized spacial score (nSPS) is 12.2. The molecule has 0 radical (unpaired) electrons. The number of hydrogen-bond acceptors (Lipinski definition) is 3. The van der Waals surface area contributed by atoms with Gasteiger partial charge in [0.15, 0.2) is 0 Å². The number of carbonyl (C=O) groups excluding carboxylic acids is 1. The van der Waals surface area contributed by atoms with Crippen molar-refractivity contribution in [2.45, 2.75) is 25.9 Å². The fourth-order valence-electron chi connectivity index (χ4n) is 1.56. The number of amides is 1. The average molecular weight is 222 g/mol. The van der Waals surface area contributed by atoms with Gasteiger partial charge in [0.1, 0.15) is 0 Å². The SMILES string of the molecule is CC(=O)Nc1ccccc1C(O)CCCN. The van der Waals surface area contributed by atoms with E-state index < -0.39 is 6.10 Å². The third kappa shape index (κ3) is 3.64. The molecule has 1 rings (SSSR count). The average Bonchev–Trinajstić information content (AvgIpc) is 2.26. The predicted octanol–water partition coefficient (Wildman–Crippen LogP) is 1.42. The van der Waals surface area contributed by atoms with Gasteiger partial charge in [-0.25, -0.2) is 0 Å². The van der Waals surface area contributed by atoms with Gasteiger partial charge in [-0.05, 0) is 25.5 Å². The summed E-state index contributed by atoms with van der Waals surface area (Å²) in [6.07, 6.45) is 0.787. The van der Waals surface area contributed by atoms with Crippen LogP contribution in [0.5, 0.6) is 0 Å². The highest BCUT2D eigenvalue weighted by Crippen LogP contribution is 2.25. The van der Waals surface area contributed by atoms with Crippen LogP contribution in [0.2, 0.25) is 0 Å². The third-order valence-electron chi connectivity index (χ3n) is 2.31. The van der Waals surface area contributed by atoms with E-state index in [0.717, 1.165) is 12.0 Å². The minimum atomic E-state index is -0.577. The summed E-state index contributed by atoms with van der Waals surface area (Å²) in [4.78, 5) is 11.0. The molecule has 0 aliphatic rings. The van der Waals surface area contributed by atoms with Crippen molar-refractivity contribution in [2.24, 2.45) is 5.73 Å². The van der Waals surface area contributed by atoms with Crippen LogP contribution in [-0.4, -0.2) is 17.6 Å². The Bertz CT molecular complexity index is 353. The van der Waals surface area contributed by atoms with E-state index >= 15 is 0 Å². The second-order valence-electron chi connectivity index (χ2n) is 3.72.